The van der Waals surface area contributed by atoms with Gasteiger partial charge in [0.1, 0.15) is 10.3 Å². The van der Waals surface area contributed by atoms with Crippen molar-refractivity contribution >= 4 is 35.6 Å². The monoisotopic (exact) mass is 261 g/mol. The van der Waals surface area contributed by atoms with E-state index in [1.807, 2.05) is 0 Å². The lowest BCUT2D eigenvalue weighted by molar-refractivity contribution is -0.105. The molecule has 0 fully saturated rings. The van der Waals surface area contributed by atoms with Gasteiger partial charge in [0.15, 0.2) is 0 Å². The molecule has 16 heavy (non-hydrogen) atoms. The third-order valence-corrected chi connectivity index (χ3v) is 2.75. The van der Waals surface area contributed by atoms with E-state index in [1.54, 1.807) is 0 Å². The molecule has 0 unspecified atom stereocenters. The van der Waals surface area contributed by atoms with Gasteiger partial charge < -0.3 is 0 Å². The minimum atomic E-state index is 0.129. The van der Waals surface area contributed by atoms with Gasteiger partial charge in [-0.1, -0.05) is 43.0 Å². The van der Waals surface area contributed by atoms with E-state index in [1.165, 1.54) is 0 Å². The molecule has 88 valence electrons. The summed E-state index contributed by atoms with van der Waals surface area (Å²) in [6, 6.07) is 0. The van der Waals surface area contributed by atoms with Crippen molar-refractivity contribution in [3.63, 3.8) is 0 Å². The number of hydrogen-bond donors (Lipinski definition) is 1. The molecule has 1 N–H and O–H groups in total. The first-order valence-corrected chi connectivity index (χ1v) is 5.86. The molecule has 0 saturated heterocycles. The Kier molecular flexibility index (Phi) is 5.49. The van der Waals surface area contributed by atoms with E-state index >= 15 is 0 Å². The highest BCUT2D eigenvalue weighted by atomic mass is 35.5. The summed E-state index contributed by atoms with van der Waals surface area (Å²) >= 11 is 11.9. The number of hydrogen-bond acceptors (Lipinski definition) is 3. The smallest absolute Gasteiger partial charge is 0.232 e. The zero-order valence-corrected chi connectivity index (χ0v) is 10.5. The third-order valence-electron chi connectivity index (χ3n) is 2.12. The average molecular weight is 262 g/mol. The van der Waals surface area contributed by atoms with Crippen LogP contribution in [0.3, 0.4) is 0 Å². The first kappa shape index (κ1) is 13.2. The van der Waals surface area contributed by atoms with Gasteiger partial charge in [-0.2, -0.15) is 0 Å². The number of amides is 1. The Bertz CT molecular complexity index is 348. The number of rotatable bonds is 6. The molecule has 0 aliphatic heterocycles. The lowest BCUT2D eigenvalue weighted by Gasteiger charge is -2.06. The summed E-state index contributed by atoms with van der Waals surface area (Å²) in [7, 11) is 0. The van der Waals surface area contributed by atoms with E-state index in [2.05, 4.69) is 22.2 Å². The molecule has 1 heterocycles. The fourth-order valence-electron chi connectivity index (χ4n) is 1.31. The minimum absolute atomic E-state index is 0.129. The molecule has 1 amide bonds. The van der Waals surface area contributed by atoms with Gasteiger partial charge in [0.25, 0.3) is 0 Å². The highest BCUT2D eigenvalue weighted by molar-refractivity contribution is 6.34. The summed E-state index contributed by atoms with van der Waals surface area (Å²) in [6.45, 7) is 2.12. The Balaban J connectivity index is 2.80. The van der Waals surface area contributed by atoms with E-state index in [9.17, 15) is 4.79 Å². The number of anilines is 1. The van der Waals surface area contributed by atoms with Crippen molar-refractivity contribution in [2.24, 2.45) is 0 Å². The molecule has 6 heteroatoms. The van der Waals surface area contributed by atoms with Gasteiger partial charge in [0, 0.05) is 5.56 Å². The van der Waals surface area contributed by atoms with E-state index < -0.39 is 0 Å². The lowest BCUT2D eigenvalue weighted by Crippen LogP contribution is -2.03. The number of nitrogens with one attached hydrogen (secondary N) is 1. The van der Waals surface area contributed by atoms with Crippen LogP contribution in [0.4, 0.5) is 5.95 Å². The largest absolute Gasteiger partial charge is 0.297 e. The second-order valence-corrected chi connectivity index (χ2v) is 4.04. The summed E-state index contributed by atoms with van der Waals surface area (Å²) in [6.07, 6.45) is 4.48. The fourth-order valence-corrected chi connectivity index (χ4v) is 1.88. The quantitative estimate of drug-likeness (QED) is 0.487. The zero-order valence-electron chi connectivity index (χ0n) is 8.96. The Hall–Kier alpha value is -0.870. The standard InChI is InChI=1S/C10H13Cl2N3O/c1-2-3-4-5-7-8(11)14-10(13-6-16)15-9(7)12/h6H,2-5H2,1H3,(H,13,14,15,16). The van der Waals surface area contributed by atoms with Gasteiger partial charge in [0.2, 0.25) is 12.4 Å². The van der Waals surface area contributed by atoms with Crippen LogP contribution in [-0.2, 0) is 11.2 Å². The maximum atomic E-state index is 10.2. The fraction of sp³-hybridized carbons (Fsp3) is 0.500. The summed E-state index contributed by atoms with van der Waals surface area (Å²) in [5.74, 6) is 0.129. The molecular formula is C10H13Cl2N3O. The van der Waals surface area contributed by atoms with Gasteiger partial charge in [-0.05, 0) is 12.8 Å². The van der Waals surface area contributed by atoms with E-state index in [0.29, 0.717) is 16.7 Å². The highest BCUT2D eigenvalue weighted by Gasteiger charge is 2.10. The molecule has 0 aliphatic carbocycles. The molecule has 1 aromatic rings. The Labute approximate surface area is 104 Å². The van der Waals surface area contributed by atoms with Crippen molar-refractivity contribution in [2.75, 3.05) is 5.32 Å². The van der Waals surface area contributed by atoms with Gasteiger partial charge in [0.05, 0.1) is 0 Å². The van der Waals surface area contributed by atoms with Crippen LogP contribution in [0, 0.1) is 0 Å². The highest BCUT2D eigenvalue weighted by Crippen LogP contribution is 2.24. The van der Waals surface area contributed by atoms with Gasteiger partial charge in [-0.3, -0.25) is 10.1 Å². The molecule has 1 aromatic heterocycles. The van der Waals surface area contributed by atoms with E-state index in [4.69, 9.17) is 23.2 Å². The second-order valence-electron chi connectivity index (χ2n) is 3.33. The van der Waals surface area contributed by atoms with Crippen molar-refractivity contribution in [3.05, 3.63) is 15.9 Å². The topological polar surface area (TPSA) is 54.9 Å². The number of carbonyl (C=O) groups excluding carboxylic acids is 1. The summed E-state index contributed by atoms with van der Waals surface area (Å²) < 4.78 is 0. The number of aromatic nitrogens is 2. The van der Waals surface area contributed by atoms with Crippen LogP contribution in [0.25, 0.3) is 0 Å². The van der Waals surface area contributed by atoms with Crippen LogP contribution < -0.4 is 5.32 Å². The molecule has 0 atom stereocenters. The van der Waals surface area contributed by atoms with Crippen LogP contribution in [0.1, 0.15) is 31.7 Å². The summed E-state index contributed by atoms with van der Waals surface area (Å²) in [5, 5.41) is 2.92. The van der Waals surface area contributed by atoms with Crippen molar-refractivity contribution in [2.45, 2.75) is 32.6 Å². The van der Waals surface area contributed by atoms with Crippen LogP contribution in [0.5, 0.6) is 0 Å². The van der Waals surface area contributed by atoms with Crippen molar-refractivity contribution in [1.82, 2.24) is 9.97 Å². The summed E-state index contributed by atoms with van der Waals surface area (Å²) in [4.78, 5) is 18.1. The van der Waals surface area contributed by atoms with E-state index in [-0.39, 0.29) is 5.95 Å². The molecule has 0 saturated carbocycles. The predicted octanol–water partition coefficient (Wildman–Crippen LogP) is 3.08. The minimum Gasteiger partial charge on any atom is -0.297 e. The van der Waals surface area contributed by atoms with Crippen LogP contribution in [-0.4, -0.2) is 16.4 Å². The van der Waals surface area contributed by atoms with Crippen molar-refractivity contribution in [3.8, 4) is 0 Å². The molecule has 1 rings (SSSR count). The van der Waals surface area contributed by atoms with Crippen LogP contribution >= 0.6 is 23.2 Å². The van der Waals surface area contributed by atoms with Gasteiger partial charge in [-0.15, -0.1) is 0 Å². The maximum absolute atomic E-state index is 10.2. The van der Waals surface area contributed by atoms with Crippen molar-refractivity contribution < 1.29 is 4.79 Å². The second kappa shape index (κ2) is 6.66. The number of unbranched alkanes of at least 4 members (excludes halogenated alkanes) is 2. The molecule has 0 bridgehead atoms. The average Bonchev–Trinajstić information content (AvgIpc) is 2.23. The number of nitrogens with zero attached hydrogens (tertiary/aromatic N) is 2. The molecular weight excluding hydrogens is 249 g/mol. The Morgan fingerprint density at radius 3 is 2.38 bits per heavy atom. The third kappa shape index (κ3) is 3.61. The molecule has 0 aliphatic rings. The predicted molar refractivity (Wildman–Crippen MR) is 65.0 cm³/mol. The van der Waals surface area contributed by atoms with Gasteiger partial charge in [-0.25, -0.2) is 9.97 Å². The molecule has 0 spiro atoms. The maximum Gasteiger partial charge on any atom is 0.232 e. The summed E-state index contributed by atoms with van der Waals surface area (Å²) in [5.41, 5.74) is 0.744. The number of halogens is 2. The van der Waals surface area contributed by atoms with Crippen LogP contribution in [0.15, 0.2) is 0 Å². The molecule has 4 nitrogen and oxygen atoms in total. The molecule has 0 radical (unpaired) electrons. The van der Waals surface area contributed by atoms with E-state index in [0.717, 1.165) is 31.2 Å². The molecule has 0 aromatic carbocycles. The Morgan fingerprint density at radius 1 is 1.25 bits per heavy atom. The first-order chi connectivity index (χ1) is 7.69. The zero-order chi connectivity index (χ0) is 12.0. The Morgan fingerprint density at radius 2 is 1.88 bits per heavy atom. The first-order valence-electron chi connectivity index (χ1n) is 5.11. The van der Waals surface area contributed by atoms with Crippen LogP contribution in [0.2, 0.25) is 10.3 Å². The number of carbonyl (C=O) groups is 1. The normalized spacial score (nSPS) is 10.2. The SMILES string of the molecule is CCCCCc1c(Cl)nc(NC=O)nc1Cl. The van der Waals surface area contributed by atoms with Crippen molar-refractivity contribution in [1.29, 1.82) is 0 Å². The lowest BCUT2D eigenvalue weighted by atomic mass is 10.1. The van der Waals surface area contributed by atoms with Gasteiger partial charge >= 0.3 is 0 Å².